The average molecular weight is 372 g/mol. The first-order valence-electron chi connectivity index (χ1n) is 9.85. The van der Waals surface area contributed by atoms with E-state index in [1.807, 2.05) is 19.9 Å². The van der Waals surface area contributed by atoms with Crippen molar-refractivity contribution in [1.82, 2.24) is 25.4 Å². The van der Waals surface area contributed by atoms with Gasteiger partial charge in [0.2, 0.25) is 0 Å². The zero-order valence-corrected chi connectivity index (χ0v) is 16.3. The van der Waals surface area contributed by atoms with Crippen LogP contribution in [0.5, 0.6) is 0 Å². The molecule has 0 unspecified atom stereocenters. The lowest BCUT2D eigenvalue weighted by Gasteiger charge is -2.12. The van der Waals surface area contributed by atoms with E-state index in [0.29, 0.717) is 6.54 Å². The van der Waals surface area contributed by atoms with Crippen LogP contribution in [0.3, 0.4) is 0 Å². The number of fused-ring (bicyclic) bond motifs is 1. The van der Waals surface area contributed by atoms with Crippen molar-refractivity contribution in [2.45, 2.75) is 59.0 Å². The third kappa shape index (κ3) is 5.28. The molecule has 1 aromatic carbocycles. The van der Waals surface area contributed by atoms with Crippen LogP contribution in [0, 0.1) is 12.7 Å². The van der Waals surface area contributed by atoms with Gasteiger partial charge in [-0.2, -0.15) is 0 Å². The highest BCUT2D eigenvalue weighted by Gasteiger charge is 2.14. The highest BCUT2D eigenvalue weighted by Crippen LogP contribution is 2.15. The fourth-order valence-electron chi connectivity index (χ4n) is 3.41. The number of aryl methyl sites for hydroxylation is 2. The summed E-state index contributed by atoms with van der Waals surface area (Å²) in [4.78, 5) is 4.67. The fourth-order valence-corrected chi connectivity index (χ4v) is 3.41. The molecule has 0 atom stereocenters. The summed E-state index contributed by atoms with van der Waals surface area (Å²) in [5.41, 5.74) is 2.12. The second kappa shape index (κ2) is 9.48. The van der Waals surface area contributed by atoms with Gasteiger partial charge in [0, 0.05) is 26.1 Å². The number of aromatic nitrogens is 3. The monoisotopic (exact) mass is 372 g/mol. The van der Waals surface area contributed by atoms with Crippen LogP contribution in [0.25, 0.3) is 0 Å². The van der Waals surface area contributed by atoms with E-state index in [4.69, 9.17) is 0 Å². The van der Waals surface area contributed by atoms with E-state index >= 15 is 0 Å². The summed E-state index contributed by atoms with van der Waals surface area (Å²) < 4.78 is 15.4. The molecule has 146 valence electrons. The lowest BCUT2D eigenvalue weighted by molar-refractivity contribution is 0.605. The van der Waals surface area contributed by atoms with Gasteiger partial charge in [0.05, 0.1) is 0 Å². The number of nitrogens with one attached hydrogen (secondary N) is 2. The molecule has 2 N–H and O–H groups in total. The maximum atomic E-state index is 13.2. The molecular formula is C20H29FN6. The second-order valence-corrected chi connectivity index (χ2v) is 6.94. The summed E-state index contributed by atoms with van der Waals surface area (Å²) in [7, 11) is 0. The molecular weight excluding hydrogens is 343 g/mol. The van der Waals surface area contributed by atoms with E-state index in [1.165, 1.54) is 25.3 Å². The molecule has 0 amide bonds. The van der Waals surface area contributed by atoms with Crippen molar-refractivity contribution in [1.29, 1.82) is 0 Å². The van der Waals surface area contributed by atoms with E-state index in [9.17, 15) is 4.39 Å². The molecule has 0 saturated carbocycles. The number of hydrogen-bond donors (Lipinski definition) is 2. The van der Waals surface area contributed by atoms with Crippen molar-refractivity contribution in [3.63, 3.8) is 0 Å². The minimum atomic E-state index is -0.188. The molecule has 0 fully saturated rings. The second-order valence-electron chi connectivity index (χ2n) is 6.94. The molecule has 0 bridgehead atoms. The topological polar surface area (TPSA) is 67.1 Å². The Morgan fingerprint density at radius 3 is 2.93 bits per heavy atom. The Labute approximate surface area is 160 Å². The predicted molar refractivity (Wildman–Crippen MR) is 105 cm³/mol. The molecule has 0 aliphatic carbocycles. The van der Waals surface area contributed by atoms with Crippen LogP contribution in [0.1, 0.15) is 49.0 Å². The Hall–Kier alpha value is -2.44. The smallest absolute Gasteiger partial charge is 0.191 e. The zero-order chi connectivity index (χ0) is 19.1. The maximum absolute atomic E-state index is 13.2. The molecule has 1 aliphatic heterocycles. The Bertz CT molecular complexity index is 783. The first kappa shape index (κ1) is 19.3. The van der Waals surface area contributed by atoms with Gasteiger partial charge in [0.25, 0.3) is 0 Å². The lowest BCUT2D eigenvalue weighted by atomic mass is 10.1. The molecule has 7 heteroatoms. The van der Waals surface area contributed by atoms with Crippen LogP contribution in [-0.4, -0.2) is 33.8 Å². The fraction of sp³-hybridized carbons (Fsp3) is 0.550. The number of benzene rings is 1. The third-order valence-corrected chi connectivity index (χ3v) is 4.90. The Kier molecular flexibility index (Phi) is 6.79. The van der Waals surface area contributed by atoms with Crippen LogP contribution < -0.4 is 10.6 Å². The van der Waals surface area contributed by atoms with Gasteiger partial charge >= 0.3 is 0 Å². The van der Waals surface area contributed by atoms with Gasteiger partial charge in [-0.3, -0.25) is 0 Å². The summed E-state index contributed by atoms with van der Waals surface area (Å²) >= 11 is 0. The summed E-state index contributed by atoms with van der Waals surface area (Å²) in [6.07, 6.45) is 5.44. The number of rotatable bonds is 6. The van der Waals surface area contributed by atoms with Gasteiger partial charge in [0.15, 0.2) is 11.8 Å². The minimum Gasteiger partial charge on any atom is -0.357 e. The number of halogens is 1. The van der Waals surface area contributed by atoms with E-state index in [-0.39, 0.29) is 5.82 Å². The molecule has 0 saturated heterocycles. The number of aliphatic imine (C=N–C) groups is 1. The highest BCUT2D eigenvalue weighted by atomic mass is 19.1. The molecule has 2 aromatic rings. The molecule has 0 radical (unpaired) electrons. The van der Waals surface area contributed by atoms with E-state index in [0.717, 1.165) is 61.2 Å². The van der Waals surface area contributed by atoms with Crippen molar-refractivity contribution in [2.24, 2.45) is 4.99 Å². The predicted octanol–water partition coefficient (Wildman–Crippen LogP) is 2.75. The highest BCUT2D eigenvalue weighted by molar-refractivity contribution is 5.79. The first-order chi connectivity index (χ1) is 13.2. The van der Waals surface area contributed by atoms with Gasteiger partial charge in [-0.05, 0) is 56.4 Å². The zero-order valence-electron chi connectivity index (χ0n) is 16.3. The SMILES string of the molecule is CCNC(=NCc1nnc2n1CCCCC2)NCCc1ccc(F)cc1C. The molecule has 6 nitrogen and oxygen atoms in total. The van der Waals surface area contributed by atoms with Gasteiger partial charge in [-0.1, -0.05) is 12.5 Å². The standard InChI is InChI=1S/C20H29FN6/c1-3-22-20(23-11-10-16-8-9-17(21)13-15(16)2)24-14-19-26-25-18-7-5-4-6-12-27(18)19/h8-9,13H,3-7,10-12,14H2,1-2H3,(H2,22,23,24). The molecule has 0 spiro atoms. The van der Waals surface area contributed by atoms with Crippen LogP contribution >= 0.6 is 0 Å². The Morgan fingerprint density at radius 1 is 1.22 bits per heavy atom. The summed E-state index contributed by atoms with van der Waals surface area (Å²) in [6.45, 7) is 7.01. The summed E-state index contributed by atoms with van der Waals surface area (Å²) in [5, 5.41) is 15.3. The summed E-state index contributed by atoms with van der Waals surface area (Å²) in [6, 6.07) is 4.94. The van der Waals surface area contributed by atoms with Crippen LogP contribution in [0.4, 0.5) is 4.39 Å². The van der Waals surface area contributed by atoms with Gasteiger partial charge < -0.3 is 15.2 Å². The Balaban J connectivity index is 1.59. The van der Waals surface area contributed by atoms with Gasteiger partial charge in [-0.25, -0.2) is 9.38 Å². The molecule has 1 aliphatic rings. The maximum Gasteiger partial charge on any atom is 0.191 e. The van der Waals surface area contributed by atoms with Crippen LogP contribution in [-0.2, 0) is 25.9 Å². The minimum absolute atomic E-state index is 0.188. The number of hydrogen-bond acceptors (Lipinski definition) is 3. The van der Waals surface area contributed by atoms with Crippen molar-refractivity contribution < 1.29 is 4.39 Å². The molecule has 3 rings (SSSR count). The van der Waals surface area contributed by atoms with Crippen molar-refractivity contribution in [3.8, 4) is 0 Å². The lowest BCUT2D eigenvalue weighted by Crippen LogP contribution is -2.38. The quantitative estimate of drug-likeness (QED) is 0.604. The first-order valence-corrected chi connectivity index (χ1v) is 9.85. The number of nitrogens with zero attached hydrogens (tertiary/aromatic N) is 4. The van der Waals surface area contributed by atoms with E-state index in [2.05, 4.69) is 30.4 Å². The van der Waals surface area contributed by atoms with E-state index < -0.39 is 0 Å². The normalized spacial score (nSPS) is 14.6. The van der Waals surface area contributed by atoms with Crippen molar-refractivity contribution in [2.75, 3.05) is 13.1 Å². The molecule has 2 heterocycles. The average Bonchev–Trinajstić information content (AvgIpc) is 2.87. The van der Waals surface area contributed by atoms with Gasteiger partial charge in [-0.15, -0.1) is 10.2 Å². The van der Waals surface area contributed by atoms with Crippen LogP contribution in [0.2, 0.25) is 0 Å². The third-order valence-electron chi connectivity index (χ3n) is 4.90. The molecule has 1 aromatic heterocycles. The Morgan fingerprint density at radius 2 is 2.11 bits per heavy atom. The largest absolute Gasteiger partial charge is 0.357 e. The summed E-state index contributed by atoms with van der Waals surface area (Å²) in [5.74, 6) is 2.59. The van der Waals surface area contributed by atoms with Crippen molar-refractivity contribution >= 4 is 5.96 Å². The van der Waals surface area contributed by atoms with Crippen LogP contribution in [0.15, 0.2) is 23.2 Å². The van der Waals surface area contributed by atoms with Gasteiger partial charge in [0.1, 0.15) is 18.2 Å². The number of guanidine groups is 1. The van der Waals surface area contributed by atoms with E-state index in [1.54, 1.807) is 6.07 Å². The van der Waals surface area contributed by atoms with Crippen molar-refractivity contribution in [3.05, 3.63) is 46.8 Å². The molecule has 27 heavy (non-hydrogen) atoms.